The lowest BCUT2D eigenvalue weighted by Gasteiger charge is -2.38. The highest BCUT2D eigenvalue weighted by Gasteiger charge is 2.26. The Bertz CT molecular complexity index is 394. The minimum Gasteiger partial charge on any atom is -0.497 e. The molecular weight excluding hydrogens is 240 g/mol. The monoisotopic (exact) mass is 264 g/mol. The molecule has 2 N–H and O–H groups in total. The average molecular weight is 264 g/mol. The third kappa shape index (κ3) is 3.47. The van der Waals surface area contributed by atoms with Crippen molar-refractivity contribution in [2.24, 2.45) is 5.73 Å². The molecule has 1 aromatic carbocycles. The van der Waals surface area contributed by atoms with Gasteiger partial charge in [-0.15, -0.1) is 0 Å². The molecule has 0 saturated carbocycles. The fraction of sp³-hybridized carbons (Fsp3) is 0.600. The molecule has 1 aliphatic heterocycles. The van der Waals surface area contributed by atoms with Crippen LogP contribution in [-0.4, -0.2) is 43.9 Å². The summed E-state index contributed by atoms with van der Waals surface area (Å²) in [4.78, 5) is 2.41. The van der Waals surface area contributed by atoms with Crippen molar-refractivity contribution in [3.8, 4) is 5.75 Å². The minimum atomic E-state index is 0.0104. The van der Waals surface area contributed by atoms with E-state index in [1.807, 2.05) is 24.3 Å². The Kier molecular flexibility index (Phi) is 4.80. The van der Waals surface area contributed by atoms with Gasteiger partial charge in [0.2, 0.25) is 0 Å². The number of benzene rings is 1. The molecule has 0 bridgehead atoms. The van der Waals surface area contributed by atoms with Gasteiger partial charge in [0.25, 0.3) is 0 Å². The first-order valence-corrected chi connectivity index (χ1v) is 6.87. The summed E-state index contributed by atoms with van der Waals surface area (Å²) in [5.41, 5.74) is 7.53. The molecule has 2 rings (SSSR count). The van der Waals surface area contributed by atoms with Gasteiger partial charge in [-0.05, 0) is 31.5 Å². The van der Waals surface area contributed by atoms with E-state index >= 15 is 0 Å². The van der Waals surface area contributed by atoms with Crippen LogP contribution < -0.4 is 10.5 Å². The summed E-state index contributed by atoms with van der Waals surface area (Å²) in [6, 6.07) is 8.33. The van der Waals surface area contributed by atoms with Crippen LogP contribution in [0, 0.1) is 0 Å². The third-order valence-corrected chi connectivity index (χ3v) is 3.87. The van der Waals surface area contributed by atoms with Gasteiger partial charge in [0.1, 0.15) is 5.75 Å². The smallest absolute Gasteiger partial charge is 0.118 e. The summed E-state index contributed by atoms with van der Waals surface area (Å²) in [5.74, 6) is 0.864. The number of rotatable bonds is 4. The highest BCUT2D eigenvalue weighted by Crippen LogP contribution is 2.22. The molecule has 3 unspecified atom stereocenters. The third-order valence-electron chi connectivity index (χ3n) is 3.87. The SMILES string of the molecule is COc1ccc(C(N)C(C)N2CCOC(C)C2)cc1. The van der Waals surface area contributed by atoms with Crippen molar-refractivity contribution in [3.05, 3.63) is 29.8 Å². The van der Waals surface area contributed by atoms with Gasteiger partial charge in [-0.3, -0.25) is 4.90 Å². The number of morpholine rings is 1. The van der Waals surface area contributed by atoms with Crippen molar-refractivity contribution in [3.63, 3.8) is 0 Å². The minimum absolute atomic E-state index is 0.0104. The van der Waals surface area contributed by atoms with Gasteiger partial charge in [-0.25, -0.2) is 0 Å². The summed E-state index contributed by atoms with van der Waals surface area (Å²) in [6.07, 6.45) is 0.291. The zero-order valence-corrected chi connectivity index (χ0v) is 12.0. The van der Waals surface area contributed by atoms with Crippen LogP contribution in [0.1, 0.15) is 25.5 Å². The van der Waals surface area contributed by atoms with E-state index in [0.29, 0.717) is 12.1 Å². The summed E-state index contributed by atoms with van der Waals surface area (Å²) >= 11 is 0. The number of ether oxygens (including phenoxy) is 2. The molecule has 1 aliphatic rings. The molecule has 1 saturated heterocycles. The van der Waals surface area contributed by atoms with Gasteiger partial charge in [-0.1, -0.05) is 12.1 Å². The highest BCUT2D eigenvalue weighted by atomic mass is 16.5. The molecule has 1 aromatic rings. The molecule has 1 fully saturated rings. The van der Waals surface area contributed by atoms with E-state index < -0.39 is 0 Å². The van der Waals surface area contributed by atoms with Crippen molar-refractivity contribution in [2.45, 2.75) is 32.0 Å². The fourth-order valence-electron chi connectivity index (χ4n) is 2.55. The Morgan fingerprint density at radius 2 is 2.05 bits per heavy atom. The number of hydrogen-bond acceptors (Lipinski definition) is 4. The van der Waals surface area contributed by atoms with E-state index in [-0.39, 0.29) is 6.04 Å². The van der Waals surface area contributed by atoms with E-state index in [1.165, 1.54) is 0 Å². The first-order valence-electron chi connectivity index (χ1n) is 6.87. The van der Waals surface area contributed by atoms with Crippen LogP contribution in [0.2, 0.25) is 0 Å². The van der Waals surface area contributed by atoms with Gasteiger partial charge in [0.05, 0.1) is 19.8 Å². The second-order valence-corrected chi connectivity index (χ2v) is 5.22. The first-order chi connectivity index (χ1) is 9.11. The Labute approximate surface area is 115 Å². The van der Waals surface area contributed by atoms with Crippen LogP contribution in [0.15, 0.2) is 24.3 Å². The van der Waals surface area contributed by atoms with Gasteiger partial charge in [0, 0.05) is 25.2 Å². The van der Waals surface area contributed by atoms with Crippen LogP contribution in [0.3, 0.4) is 0 Å². The van der Waals surface area contributed by atoms with E-state index in [0.717, 1.165) is 31.0 Å². The lowest BCUT2D eigenvalue weighted by Crippen LogP contribution is -2.49. The molecule has 0 spiro atoms. The lowest BCUT2D eigenvalue weighted by atomic mass is 9.99. The lowest BCUT2D eigenvalue weighted by molar-refractivity contribution is -0.0350. The summed E-state index contributed by atoms with van der Waals surface area (Å²) in [7, 11) is 1.67. The number of hydrogen-bond donors (Lipinski definition) is 1. The van der Waals surface area contributed by atoms with Crippen molar-refractivity contribution < 1.29 is 9.47 Å². The zero-order valence-electron chi connectivity index (χ0n) is 12.0. The van der Waals surface area contributed by atoms with Crippen molar-refractivity contribution in [1.82, 2.24) is 4.90 Å². The molecule has 4 nitrogen and oxygen atoms in total. The maximum absolute atomic E-state index is 6.38. The highest BCUT2D eigenvalue weighted by molar-refractivity contribution is 5.29. The Morgan fingerprint density at radius 1 is 1.37 bits per heavy atom. The first kappa shape index (κ1) is 14.3. The van der Waals surface area contributed by atoms with Crippen LogP contribution >= 0.6 is 0 Å². The second kappa shape index (κ2) is 6.37. The zero-order chi connectivity index (χ0) is 13.8. The molecule has 0 aromatic heterocycles. The Hall–Kier alpha value is -1.10. The number of nitrogens with zero attached hydrogens (tertiary/aromatic N) is 1. The number of methoxy groups -OCH3 is 1. The van der Waals surface area contributed by atoms with Gasteiger partial charge in [0.15, 0.2) is 0 Å². The number of nitrogens with two attached hydrogens (primary N) is 1. The standard InChI is InChI=1S/C15H24N2O2/c1-11-10-17(8-9-19-11)12(2)15(16)13-4-6-14(18-3)7-5-13/h4-7,11-12,15H,8-10,16H2,1-3H3. The summed E-state index contributed by atoms with van der Waals surface area (Å²) in [6.45, 7) is 6.99. The predicted octanol–water partition coefficient (Wildman–Crippen LogP) is 1.80. The normalized spacial score (nSPS) is 23.9. The quantitative estimate of drug-likeness (QED) is 0.901. The maximum Gasteiger partial charge on any atom is 0.118 e. The fourth-order valence-corrected chi connectivity index (χ4v) is 2.55. The van der Waals surface area contributed by atoms with E-state index in [2.05, 4.69) is 18.7 Å². The Balaban J connectivity index is 2.02. The molecule has 1 heterocycles. The Morgan fingerprint density at radius 3 is 2.63 bits per heavy atom. The molecule has 0 aliphatic carbocycles. The van der Waals surface area contributed by atoms with E-state index in [9.17, 15) is 0 Å². The average Bonchev–Trinajstić information content (AvgIpc) is 2.46. The largest absolute Gasteiger partial charge is 0.497 e. The maximum atomic E-state index is 6.38. The molecule has 0 amide bonds. The summed E-state index contributed by atoms with van der Waals surface area (Å²) in [5, 5.41) is 0. The van der Waals surface area contributed by atoms with Crippen molar-refractivity contribution >= 4 is 0 Å². The second-order valence-electron chi connectivity index (χ2n) is 5.22. The van der Waals surface area contributed by atoms with Gasteiger partial charge >= 0.3 is 0 Å². The molecular formula is C15H24N2O2. The van der Waals surface area contributed by atoms with Crippen LogP contribution in [0.5, 0.6) is 5.75 Å². The molecule has 19 heavy (non-hydrogen) atoms. The molecule has 3 atom stereocenters. The van der Waals surface area contributed by atoms with Crippen molar-refractivity contribution in [1.29, 1.82) is 0 Å². The van der Waals surface area contributed by atoms with Crippen molar-refractivity contribution in [2.75, 3.05) is 26.8 Å². The van der Waals surface area contributed by atoms with E-state index in [1.54, 1.807) is 7.11 Å². The van der Waals surface area contributed by atoms with Gasteiger partial charge < -0.3 is 15.2 Å². The van der Waals surface area contributed by atoms with Crippen LogP contribution in [-0.2, 0) is 4.74 Å². The van der Waals surface area contributed by atoms with E-state index in [4.69, 9.17) is 15.2 Å². The predicted molar refractivity (Wildman–Crippen MR) is 76.4 cm³/mol. The molecule has 106 valence electrons. The topological polar surface area (TPSA) is 47.7 Å². The van der Waals surface area contributed by atoms with Crippen LogP contribution in [0.4, 0.5) is 0 Å². The van der Waals surface area contributed by atoms with Gasteiger partial charge in [-0.2, -0.15) is 0 Å². The van der Waals surface area contributed by atoms with Crippen LogP contribution in [0.25, 0.3) is 0 Å². The molecule has 0 radical (unpaired) electrons. The summed E-state index contributed by atoms with van der Waals surface area (Å²) < 4.78 is 10.7. The molecule has 4 heteroatoms.